The van der Waals surface area contributed by atoms with Gasteiger partial charge in [-0.05, 0) is 41.7 Å². The predicted molar refractivity (Wildman–Crippen MR) is 64.6 cm³/mol. The summed E-state index contributed by atoms with van der Waals surface area (Å²) in [4.78, 5) is 22.6. The summed E-state index contributed by atoms with van der Waals surface area (Å²) in [5, 5.41) is 15.7. The Bertz CT molecular complexity index is 402. The highest BCUT2D eigenvalue weighted by Crippen LogP contribution is 2.31. The van der Waals surface area contributed by atoms with Crippen molar-refractivity contribution in [1.82, 2.24) is 5.32 Å². The molecule has 92 valence electrons. The third kappa shape index (κ3) is 3.06. The number of aliphatic carboxylic acids is 1. The number of rotatable bonds is 4. The Kier molecular flexibility index (Phi) is 3.78. The van der Waals surface area contributed by atoms with Crippen molar-refractivity contribution in [2.45, 2.75) is 25.8 Å². The molecular weight excluding hydrogens is 238 g/mol. The lowest BCUT2D eigenvalue weighted by Gasteiger charge is -2.09. The zero-order chi connectivity index (χ0) is 12.3. The van der Waals surface area contributed by atoms with Gasteiger partial charge in [0.2, 0.25) is 5.91 Å². The Morgan fingerprint density at radius 3 is 2.76 bits per heavy atom. The summed E-state index contributed by atoms with van der Waals surface area (Å²) in [5.41, 5.74) is 1.09. The molecule has 0 saturated heterocycles. The van der Waals surface area contributed by atoms with Crippen molar-refractivity contribution < 1.29 is 14.7 Å². The van der Waals surface area contributed by atoms with Gasteiger partial charge in [0.1, 0.15) is 0 Å². The van der Waals surface area contributed by atoms with Crippen molar-refractivity contribution in [2.24, 2.45) is 11.8 Å². The quantitative estimate of drug-likeness (QED) is 0.860. The van der Waals surface area contributed by atoms with Gasteiger partial charge in [-0.15, -0.1) is 0 Å². The molecule has 5 heteroatoms. The highest BCUT2D eigenvalue weighted by Gasteiger charge is 2.33. The van der Waals surface area contributed by atoms with Gasteiger partial charge >= 0.3 is 5.97 Å². The molecule has 1 fully saturated rings. The Balaban J connectivity index is 1.79. The molecule has 1 heterocycles. The molecule has 0 spiro atoms. The van der Waals surface area contributed by atoms with Crippen molar-refractivity contribution in [3.63, 3.8) is 0 Å². The molecular formula is C12H15NO3S. The average Bonchev–Trinajstić information content (AvgIpc) is 2.96. The SMILES string of the molecule is O=C(O)[C@@H]1CC[C@H](C(=O)NCc2ccsc2)C1. The number of amides is 1. The first-order chi connectivity index (χ1) is 8.16. The van der Waals surface area contributed by atoms with Crippen LogP contribution in [0.15, 0.2) is 16.8 Å². The van der Waals surface area contributed by atoms with E-state index in [-0.39, 0.29) is 17.7 Å². The van der Waals surface area contributed by atoms with Crippen LogP contribution in [0.25, 0.3) is 0 Å². The number of nitrogens with one attached hydrogen (secondary N) is 1. The second-order valence-corrected chi connectivity index (χ2v) is 5.17. The second-order valence-electron chi connectivity index (χ2n) is 4.39. The van der Waals surface area contributed by atoms with E-state index in [2.05, 4.69) is 5.32 Å². The highest BCUT2D eigenvalue weighted by atomic mass is 32.1. The van der Waals surface area contributed by atoms with Gasteiger partial charge in [0.05, 0.1) is 5.92 Å². The fourth-order valence-corrected chi connectivity index (χ4v) is 2.84. The lowest BCUT2D eigenvalue weighted by molar-refractivity contribution is -0.141. The van der Waals surface area contributed by atoms with Crippen LogP contribution in [-0.4, -0.2) is 17.0 Å². The summed E-state index contributed by atoms with van der Waals surface area (Å²) in [6.45, 7) is 0.538. The van der Waals surface area contributed by atoms with Gasteiger partial charge in [-0.2, -0.15) is 11.3 Å². The maximum atomic E-state index is 11.8. The van der Waals surface area contributed by atoms with Crippen molar-refractivity contribution in [3.05, 3.63) is 22.4 Å². The third-order valence-electron chi connectivity index (χ3n) is 3.20. The van der Waals surface area contributed by atoms with Crippen LogP contribution in [-0.2, 0) is 16.1 Å². The van der Waals surface area contributed by atoms with Crippen LogP contribution >= 0.6 is 11.3 Å². The molecule has 2 N–H and O–H groups in total. The van der Waals surface area contributed by atoms with Crippen LogP contribution in [0.1, 0.15) is 24.8 Å². The second kappa shape index (κ2) is 5.31. The first kappa shape index (κ1) is 12.1. The number of carboxylic acids is 1. The molecule has 1 aliphatic carbocycles. The molecule has 2 atom stereocenters. The lowest BCUT2D eigenvalue weighted by Crippen LogP contribution is -2.29. The fourth-order valence-electron chi connectivity index (χ4n) is 2.17. The molecule has 1 aromatic heterocycles. The zero-order valence-corrected chi connectivity index (χ0v) is 10.2. The van der Waals surface area contributed by atoms with Crippen molar-refractivity contribution in [2.75, 3.05) is 0 Å². The number of hydrogen-bond donors (Lipinski definition) is 2. The summed E-state index contributed by atoms with van der Waals surface area (Å²) in [6.07, 6.45) is 1.78. The molecule has 0 aliphatic heterocycles. The van der Waals surface area contributed by atoms with E-state index < -0.39 is 5.97 Å². The monoisotopic (exact) mass is 253 g/mol. The number of carbonyl (C=O) groups is 2. The highest BCUT2D eigenvalue weighted by molar-refractivity contribution is 7.07. The van der Waals surface area contributed by atoms with Crippen LogP contribution in [0.5, 0.6) is 0 Å². The van der Waals surface area contributed by atoms with Crippen molar-refractivity contribution in [1.29, 1.82) is 0 Å². The van der Waals surface area contributed by atoms with Gasteiger partial charge in [-0.3, -0.25) is 9.59 Å². The van der Waals surface area contributed by atoms with Crippen LogP contribution in [0.4, 0.5) is 0 Å². The number of carbonyl (C=O) groups excluding carboxylic acids is 1. The first-order valence-electron chi connectivity index (χ1n) is 5.68. The predicted octanol–water partition coefficient (Wildman–Crippen LogP) is 1.87. The van der Waals surface area contributed by atoms with Gasteiger partial charge in [0.15, 0.2) is 0 Å². The number of carboxylic acid groups (broad SMARTS) is 1. The molecule has 0 aromatic carbocycles. The van der Waals surface area contributed by atoms with Gasteiger partial charge in [-0.25, -0.2) is 0 Å². The van der Waals surface area contributed by atoms with Crippen LogP contribution in [0.2, 0.25) is 0 Å². The van der Waals surface area contributed by atoms with E-state index >= 15 is 0 Å². The standard InChI is InChI=1S/C12H15NO3S/c14-11(13-6-8-3-4-17-7-8)9-1-2-10(5-9)12(15)16/h3-4,7,9-10H,1-2,5-6H2,(H,13,14)(H,15,16)/t9-,10+/m0/s1. The topological polar surface area (TPSA) is 66.4 Å². The van der Waals surface area contributed by atoms with Crippen LogP contribution in [0.3, 0.4) is 0 Å². The maximum Gasteiger partial charge on any atom is 0.306 e. The molecule has 1 aromatic rings. The lowest BCUT2D eigenvalue weighted by atomic mass is 10.0. The average molecular weight is 253 g/mol. The molecule has 2 rings (SSSR count). The smallest absolute Gasteiger partial charge is 0.306 e. The summed E-state index contributed by atoms with van der Waals surface area (Å²) in [6, 6.07) is 1.97. The Morgan fingerprint density at radius 2 is 2.18 bits per heavy atom. The minimum atomic E-state index is -0.780. The Hall–Kier alpha value is -1.36. The van der Waals surface area contributed by atoms with Gasteiger partial charge in [0, 0.05) is 12.5 Å². The minimum Gasteiger partial charge on any atom is -0.481 e. The van der Waals surface area contributed by atoms with Crippen molar-refractivity contribution in [3.8, 4) is 0 Å². The summed E-state index contributed by atoms with van der Waals surface area (Å²) < 4.78 is 0. The van der Waals surface area contributed by atoms with Crippen LogP contribution < -0.4 is 5.32 Å². The minimum absolute atomic E-state index is 0.0139. The fraction of sp³-hybridized carbons (Fsp3) is 0.500. The molecule has 1 saturated carbocycles. The normalized spacial score (nSPS) is 23.5. The number of hydrogen-bond acceptors (Lipinski definition) is 3. The summed E-state index contributed by atoms with van der Waals surface area (Å²) in [7, 11) is 0. The Labute approximate surface area is 104 Å². The van der Waals surface area contributed by atoms with E-state index in [1.165, 1.54) is 0 Å². The van der Waals surface area contributed by atoms with E-state index in [1.807, 2.05) is 16.8 Å². The Morgan fingerprint density at radius 1 is 1.41 bits per heavy atom. The molecule has 0 unspecified atom stereocenters. The summed E-state index contributed by atoms with van der Waals surface area (Å²) >= 11 is 1.60. The van der Waals surface area contributed by atoms with E-state index in [9.17, 15) is 9.59 Å². The third-order valence-corrected chi connectivity index (χ3v) is 3.93. The molecule has 4 nitrogen and oxygen atoms in total. The van der Waals surface area contributed by atoms with Gasteiger partial charge < -0.3 is 10.4 Å². The summed E-state index contributed by atoms with van der Waals surface area (Å²) in [5.74, 6) is -1.26. The van der Waals surface area contributed by atoms with Gasteiger partial charge in [0.25, 0.3) is 0 Å². The van der Waals surface area contributed by atoms with E-state index in [0.29, 0.717) is 25.8 Å². The van der Waals surface area contributed by atoms with E-state index in [1.54, 1.807) is 11.3 Å². The van der Waals surface area contributed by atoms with E-state index in [0.717, 1.165) is 5.56 Å². The first-order valence-corrected chi connectivity index (χ1v) is 6.62. The molecule has 1 amide bonds. The van der Waals surface area contributed by atoms with E-state index in [4.69, 9.17) is 5.11 Å². The molecule has 0 radical (unpaired) electrons. The zero-order valence-electron chi connectivity index (χ0n) is 9.39. The van der Waals surface area contributed by atoms with Gasteiger partial charge in [-0.1, -0.05) is 0 Å². The molecule has 1 aliphatic rings. The maximum absolute atomic E-state index is 11.8. The molecule has 0 bridgehead atoms. The molecule has 17 heavy (non-hydrogen) atoms. The largest absolute Gasteiger partial charge is 0.481 e. The number of thiophene rings is 1. The van der Waals surface area contributed by atoms with Crippen molar-refractivity contribution >= 4 is 23.2 Å². The van der Waals surface area contributed by atoms with Crippen LogP contribution in [0, 0.1) is 11.8 Å².